The van der Waals surface area contributed by atoms with Crippen LogP contribution >= 0.6 is 0 Å². The van der Waals surface area contributed by atoms with Crippen molar-refractivity contribution in [3.05, 3.63) is 113 Å². The highest BCUT2D eigenvalue weighted by molar-refractivity contribution is 5.92. The first-order valence-electron chi connectivity index (χ1n) is 14.6. The van der Waals surface area contributed by atoms with Gasteiger partial charge >= 0.3 is 5.97 Å². The number of esters is 1. The monoisotopic (exact) mass is 578 g/mol. The van der Waals surface area contributed by atoms with Crippen molar-refractivity contribution in [1.29, 1.82) is 0 Å². The van der Waals surface area contributed by atoms with Gasteiger partial charge in [0.2, 0.25) is 0 Å². The molecule has 4 aromatic carbocycles. The molecule has 0 bridgehead atoms. The second kappa shape index (κ2) is 15.9. The van der Waals surface area contributed by atoms with E-state index in [-0.39, 0.29) is 0 Å². The Balaban J connectivity index is 1.40. The summed E-state index contributed by atoms with van der Waals surface area (Å²) < 4.78 is 29.6. The first-order chi connectivity index (χ1) is 21.1. The van der Waals surface area contributed by atoms with Crippen molar-refractivity contribution in [3.8, 4) is 41.1 Å². The van der Waals surface area contributed by atoms with Crippen molar-refractivity contribution in [1.82, 2.24) is 0 Å². The fraction of sp³-hybridized carbons (Fsp3) is 0.270. The molecule has 0 N–H and O–H groups in total. The van der Waals surface area contributed by atoms with Gasteiger partial charge < -0.3 is 23.7 Å². The van der Waals surface area contributed by atoms with E-state index in [9.17, 15) is 4.79 Å². The minimum atomic E-state index is -0.449. The molecular weight excluding hydrogens is 540 g/mol. The minimum absolute atomic E-state index is 0.367. The molecule has 0 saturated heterocycles. The third kappa shape index (κ3) is 8.33. The Kier molecular flexibility index (Phi) is 11.5. The number of benzene rings is 4. The molecule has 0 amide bonds. The fourth-order valence-corrected chi connectivity index (χ4v) is 4.63. The Bertz CT molecular complexity index is 1540. The standard InChI is InChI=1S/C37H38O6/c1-5-15-30-32(20-13-21-33(30)43-34-19-12-11-18-31(34)37(38)39-4)40-22-14-23-41-35-25-36(29(7-3)24-28(35)6-2)42-26-27-16-9-8-10-17-27/h3,8-13,16-21,24-25H,5-6,14-15,22-23,26H2,1-2,4H3. The van der Waals surface area contributed by atoms with Crippen molar-refractivity contribution in [3.63, 3.8) is 0 Å². The van der Waals surface area contributed by atoms with Gasteiger partial charge in [0.25, 0.3) is 0 Å². The van der Waals surface area contributed by atoms with E-state index in [1.54, 1.807) is 18.2 Å². The number of carbonyl (C=O) groups is 1. The SMILES string of the molecule is C#Cc1cc(CC)c(OCCCOc2cccc(Oc3ccccc3C(=O)OC)c2CCC)cc1OCc1ccccc1. The van der Waals surface area contributed by atoms with Gasteiger partial charge in [-0.2, -0.15) is 0 Å². The van der Waals surface area contributed by atoms with Gasteiger partial charge in [0.15, 0.2) is 0 Å². The Morgan fingerprint density at radius 1 is 0.767 bits per heavy atom. The molecular formula is C37H38O6. The molecule has 0 saturated carbocycles. The number of para-hydroxylation sites is 1. The van der Waals surface area contributed by atoms with Crippen LogP contribution in [-0.4, -0.2) is 26.3 Å². The highest BCUT2D eigenvalue weighted by Gasteiger charge is 2.17. The van der Waals surface area contributed by atoms with Crippen molar-refractivity contribution in [2.75, 3.05) is 20.3 Å². The largest absolute Gasteiger partial charge is 0.493 e. The summed E-state index contributed by atoms with van der Waals surface area (Å²) in [5.74, 6) is 5.52. The van der Waals surface area contributed by atoms with Crippen LogP contribution in [0.25, 0.3) is 0 Å². The summed E-state index contributed by atoms with van der Waals surface area (Å²) >= 11 is 0. The number of hydrogen-bond acceptors (Lipinski definition) is 6. The highest BCUT2D eigenvalue weighted by Crippen LogP contribution is 2.35. The molecule has 6 nitrogen and oxygen atoms in total. The van der Waals surface area contributed by atoms with E-state index in [1.807, 2.05) is 66.7 Å². The molecule has 0 aromatic heterocycles. The van der Waals surface area contributed by atoms with Crippen molar-refractivity contribution in [2.45, 2.75) is 46.1 Å². The lowest BCUT2D eigenvalue weighted by atomic mass is 10.1. The topological polar surface area (TPSA) is 63.2 Å². The first kappa shape index (κ1) is 31.1. The highest BCUT2D eigenvalue weighted by atomic mass is 16.5. The Labute approximate surface area is 254 Å². The van der Waals surface area contributed by atoms with Crippen LogP contribution in [-0.2, 0) is 24.2 Å². The van der Waals surface area contributed by atoms with Gasteiger partial charge in [0, 0.05) is 18.1 Å². The summed E-state index contributed by atoms with van der Waals surface area (Å²) in [6.07, 6.45) is 8.90. The quantitative estimate of drug-likeness (QED) is 0.0805. The van der Waals surface area contributed by atoms with Crippen LogP contribution in [0.1, 0.15) is 59.3 Å². The zero-order valence-corrected chi connectivity index (χ0v) is 25.1. The normalized spacial score (nSPS) is 10.5. The first-order valence-corrected chi connectivity index (χ1v) is 14.6. The molecule has 0 aliphatic rings. The Morgan fingerprint density at radius 3 is 2.19 bits per heavy atom. The average molecular weight is 579 g/mol. The van der Waals surface area contributed by atoms with E-state index in [0.29, 0.717) is 54.6 Å². The van der Waals surface area contributed by atoms with Crippen LogP contribution in [0.5, 0.6) is 28.7 Å². The number of terminal acetylenes is 1. The van der Waals surface area contributed by atoms with Crippen LogP contribution in [0.4, 0.5) is 0 Å². The summed E-state index contributed by atoms with van der Waals surface area (Å²) in [6.45, 7) is 5.52. The van der Waals surface area contributed by atoms with Crippen LogP contribution in [0.2, 0.25) is 0 Å². The lowest BCUT2D eigenvalue weighted by Crippen LogP contribution is -2.08. The van der Waals surface area contributed by atoms with Crippen molar-refractivity contribution < 1.29 is 28.5 Å². The van der Waals surface area contributed by atoms with Crippen LogP contribution < -0.4 is 18.9 Å². The molecule has 0 atom stereocenters. The summed E-state index contributed by atoms with van der Waals surface area (Å²) in [7, 11) is 1.36. The minimum Gasteiger partial charge on any atom is -0.493 e. The molecule has 0 aliphatic carbocycles. The smallest absolute Gasteiger partial charge is 0.341 e. The van der Waals surface area contributed by atoms with Crippen LogP contribution in [0.15, 0.2) is 84.9 Å². The van der Waals surface area contributed by atoms with Crippen LogP contribution in [0.3, 0.4) is 0 Å². The van der Waals surface area contributed by atoms with E-state index in [2.05, 4.69) is 19.8 Å². The molecule has 0 aliphatic heterocycles. The second-order valence-electron chi connectivity index (χ2n) is 9.85. The molecule has 6 heteroatoms. The van der Waals surface area contributed by atoms with Crippen molar-refractivity contribution >= 4 is 5.97 Å². The van der Waals surface area contributed by atoms with Gasteiger partial charge in [-0.25, -0.2) is 4.79 Å². The molecule has 43 heavy (non-hydrogen) atoms. The molecule has 0 heterocycles. The third-order valence-corrected chi connectivity index (χ3v) is 6.84. The molecule has 0 fully saturated rings. The van der Waals surface area contributed by atoms with Gasteiger partial charge in [-0.05, 0) is 54.3 Å². The van der Waals surface area contributed by atoms with E-state index >= 15 is 0 Å². The van der Waals surface area contributed by atoms with E-state index in [1.165, 1.54) is 7.11 Å². The summed E-state index contributed by atoms with van der Waals surface area (Å²) in [6, 6.07) is 26.6. The predicted octanol–water partition coefficient (Wildman–Crippen LogP) is 8.19. The van der Waals surface area contributed by atoms with Gasteiger partial charge in [-0.15, -0.1) is 6.42 Å². The Hall–Kier alpha value is -4.89. The number of rotatable bonds is 15. The van der Waals surface area contributed by atoms with E-state index in [0.717, 1.165) is 47.5 Å². The number of methoxy groups -OCH3 is 1. The number of ether oxygens (including phenoxy) is 5. The average Bonchev–Trinajstić information content (AvgIpc) is 3.05. The molecule has 222 valence electrons. The number of hydrogen-bond donors (Lipinski definition) is 0. The maximum Gasteiger partial charge on any atom is 0.341 e. The lowest BCUT2D eigenvalue weighted by Gasteiger charge is -2.17. The number of aryl methyl sites for hydroxylation is 1. The Morgan fingerprint density at radius 2 is 1.47 bits per heavy atom. The van der Waals surface area contributed by atoms with Gasteiger partial charge in [-0.3, -0.25) is 0 Å². The predicted molar refractivity (Wildman–Crippen MR) is 168 cm³/mol. The summed E-state index contributed by atoms with van der Waals surface area (Å²) in [5.41, 5.74) is 4.12. The lowest BCUT2D eigenvalue weighted by molar-refractivity contribution is 0.0598. The molecule has 0 spiro atoms. The van der Waals surface area contributed by atoms with Crippen LogP contribution in [0, 0.1) is 12.3 Å². The second-order valence-corrected chi connectivity index (χ2v) is 9.85. The van der Waals surface area contributed by atoms with E-state index in [4.69, 9.17) is 30.1 Å². The fourth-order valence-electron chi connectivity index (χ4n) is 4.63. The van der Waals surface area contributed by atoms with Gasteiger partial charge in [0.1, 0.15) is 40.9 Å². The third-order valence-electron chi connectivity index (χ3n) is 6.84. The van der Waals surface area contributed by atoms with Gasteiger partial charge in [-0.1, -0.05) is 74.7 Å². The molecule has 4 rings (SSSR count). The number of carbonyl (C=O) groups excluding carboxylic acids is 1. The van der Waals surface area contributed by atoms with E-state index < -0.39 is 5.97 Å². The maximum atomic E-state index is 12.2. The maximum absolute atomic E-state index is 12.2. The zero-order valence-electron chi connectivity index (χ0n) is 25.1. The molecule has 4 aromatic rings. The summed E-state index contributed by atoms with van der Waals surface area (Å²) in [4.78, 5) is 12.2. The molecule has 0 radical (unpaired) electrons. The zero-order chi connectivity index (χ0) is 30.4. The van der Waals surface area contributed by atoms with Gasteiger partial charge in [0.05, 0.1) is 25.9 Å². The van der Waals surface area contributed by atoms with Crippen molar-refractivity contribution in [2.24, 2.45) is 0 Å². The summed E-state index contributed by atoms with van der Waals surface area (Å²) in [5, 5.41) is 0. The molecule has 0 unspecified atom stereocenters.